The molecule has 0 aliphatic heterocycles. The van der Waals surface area contributed by atoms with Crippen LogP contribution in [0.1, 0.15) is 11.1 Å². The molecular formula is C13H10F3NO. The van der Waals surface area contributed by atoms with E-state index in [0.29, 0.717) is 5.56 Å². The number of pyridine rings is 1. The molecule has 0 spiro atoms. The Kier molecular flexibility index (Phi) is 2.98. The molecule has 0 radical (unpaired) electrons. The third kappa shape index (κ3) is 2.30. The molecule has 1 aromatic heterocycles. The van der Waals surface area contributed by atoms with Crippen molar-refractivity contribution in [2.75, 3.05) is 0 Å². The molecule has 0 saturated heterocycles. The van der Waals surface area contributed by atoms with Gasteiger partial charge in [-0.15, -0.1) is 0 Å². The number of hydrogen-bond donors (Lipinski definition) is 1. The van der Waals surface area contributed by atoms with Crippen molar-refractivity contribution in [3.05, 3.63) is 57.9 Å². The van der Waals surface area contributed by atoms with Crippen molar-refractivity contribution in [3.8, 4) is 11.3 Å². The van der Waals surface area contributed by atoms with Crippen LogP contribution in [-0.4, -0.2) is 4.98 Å². The summed E-state index contributed by atoms with van der Waals surface area (Å²) < 4.78 is 38.5. The Hall–Kier alpha value is -2.04. The second-order valence-corrected chi connectivity index (χ2v) is 3.94. The summed E-state index contributed by atoms with van der Waals surface area (Å²) in [6.07, 6.45) is -3.04. The van der Waals surface area contributed by atoms with Gasteiger partial charge in [0.05, 0.1) is 5.56 Å². The molecule has 18 heavy (non-hydrogen) atoms. The first-order valence-corrected chi connectivity index (χ1v) is 5.25. The number of rotatable bonds is 1. The molecule has 1 aromatic carbocycles. The monoisotopic (exact) mass is 253 g/mol. The molecule has 0 aliphatic carbocycles. The second kappa shape index (κ2) is 4.33. The fraction of sp³-hybridized carbons (Fsp3) is 0.154. The molecule has 94 valence electrons. The lowest BCUT2D eigenvalue weighted by molar-refractivity contribution is -0.137. The van der Waals surface area contributed by atoms with Gasteiger partial charge in [-0.05, 0) is 13.0 Å². The van der Waals surface area contributed by atoms with E-state index in [-0.39, 0.29) is 16.7 Å². The van der Waals surface area contributed by atoms with Gasteiger partial charge in [0, 0.05) is 29.1 Å². The number of alkyl halides is 3. The van der Waals surface area contributed by atoms with E-state index in [2.05, 4.69) is 4.98 Å². The van der Waals surface area contributed by atoms with Crippen LogP contribution in [-0.2, 0) is 6.18 Å². The van der Waals surface area contributed by atoms with Crippen LogP contribution >= 0.6 is 0 Å². The van der Waals surface area contributed by atoms with Gasteiger partial charge >= 0.3 is 6.18 Å². The van der Waals surface area contributed by atoms with Crippen LogP contribution in [0.15, 0.2) is 41.3 Å². The van der Waals surface area contributed by atoms with E-state index >= 15 is 0 Å². The zero-order valence-corrected chi connectivity index (χ0v) is 9.51. The number of aryl methyl sites for hydroxylation is 1. The summed E-state index contributed by atoms with van der Waals surface area (Å²) in [4.78, 5) is 14.2. The number of aromatic nitrogens is 1. The van der Waals surface area contributed by atoms with E-state index in [4.69, 9.17) is 0 Å². The number of nitrogens with one attached hydrogen (secondary N) is 1. The Balaban J connectivity index is 2.64. The van der Waals surface area contributed by atoms with Crippen molar-refractivity contribution in [1.29, 1.82) is 0 Å². The Morgan fingerprint density at radius 1 is 1.17 bits per heavy atom. The summed E-state index contributed by atoms with van der Waals surface area (Å²) in [5.74, 6) is 0. The van der Waals surface area contributed by atoms with Crippen LogP contribution in [0.5, 0.6) is 0 Å². The average Bonchev–Trinajstić information content (AvgIpc) is 2.32. The van der Waals surface area contributed by atoms with E-state index in [1.807, 2.05) is 0 Å². The van der Waals surface area contributed by atoms with Crippen LogP contribution in [0, 0.1) is 6.92 Å². The summed E-state index contributed by atoms with van der Waals surface area (Å²) in [7, 11) is 0. The zero-order valence-electron chi connectivity index (χ0n) is 9.51. The van der Waals surface area contributed by atoms with Gasteiger partial charge in [0.15, 0.2) is 5.43 Å². The molecule has 1 heterocycles. The molecular weight excluding hydrogens is 243 g/mol. The van der Waals surface area contributed by atoms with Crippen molar-refractivity contribution in [2.24, 2.45) is 0 Å². The van der Waals surface area contributed by atoms with Crippen molar-refractivity contribution in [2.45, 2.75) is 13.1 Å². The van der Waals surface area contributed by atoms with Gasteiger partial charge in [-0.1, -0.05) is 18.2 Å². The highest BCUT2D eigenvalue weighted by Crippen LogP contribution is 2.35. The van der Waals surface area contributed by atoms with E-state index in [1.54, 1.807) is 6.92 Å². The first kappa shape index (κ1) is 12.4. The van der Waals surface area contributed by atoms with Crippen LogP contribution in [0.4, 0.5) is 13.2 Å². The smallest absolute Gasteiger partial charge is 0.361 e. The highest BCUT2D eigenvalue weighted by molar-refractivity contribution is 5.64. The molecule has 0 aliphatic rings. The third-order valence-electron chi connectivity index (χ3n) is 2.63. The van der Waals surface area contributed by atoms with E-state index < -0.39 is 11.7 Å². The van der Waals surface area contributed by atoms with E-state index in [1.165, 1.54) is 30.5 Å². The van der Waals surface area contributed by atoms with Gasteiger partial charge < -0.3 is 4.98 Å². The normalized spacial score (nSPS) is 11.6. The molecule has 2 aromatic rings. The minimum Gasteiger partial charge on any atom is -0.361 e. The minimum absolute atomic E-state index is 0.0258. The van der Waals surface area contributed by atoms with E-state index in [0.717, 1.165) is 6.07 Å². The third-order valence-corrected chi connectivity index (χ3v) is 2.63. The molecule has 1 N–H and O–H groups in total. The summed E-state index contributed by atoms with van der Waals surface area (Å²) in [6.45, 7) is 1.60. The average molecular weight is 253 g/mol. The van der Waals surface area contributed by atoms with Gasteiger partial charge in [-0.25, -0.2) is 0 Å². The standard InChI is InChI=1S/C13H10F3NO/c1-8-7-17-11(6-12(8)18)9-4-2-3-5-10(9)13(14,15)16/h2-7H,1H3,(H,17,18). The topological polar surface area (TPSA) is 32.9 Å². The fourth-order valence-electron chi connectivity index (χ4n) is 1.66. The molecule has 0 atom stereocenters. The predicted molar refractivity (Wildman–Crippen MR) is 62.2 cm³/mol. The lowest BCUT2D eigenvalue weighted by atomic mass is 10.0. The molecule has 5 heteroatoms. The quantitative estimate of drug-likeness (QED) is 0.830. The van der Waals surface area contributed by atoms with Gasteiger partial charge in [0.2, 0.25) is 0 Å². The van der Waals surface area contributed by atoms with E-state index in [9.17, 15) is 18.0 Å². The van der Waals surface area contributed by atoms with Crippen molar-refractivity contribution in [1.82, 2.24) is 4.98 Å². The number of benzene rings is 1. The van der Waals surface area contributed by atoms with Crippen LogP contribution in [0.25, 0.3) is 11.3 Å². The van der Waals surface area contributed by atoms with Crippen LogP contribution < -0.4 is 5.43 Å². The Labute approximate surface area is 101 Å². The molecule has 2 rings (SSSR count). The summed E-state index contributed by atoms with van der Waals surface area (Å²) >= 11 is 0. The Morgan fingerprint density at radius 3 is 2.44 bits per heavy atom. The molecule has 2 nitrogen and oxygen atoms in total. The molecule has 0 bridgehead atoms. The summed E-state index contributed by atoms with van der Waals surface area (Å²) in [6, 6.07) is 6.33. The first-order valence-electron chi connectivity index (χ1n) is 5.25. The number of halogens is 3. The molecule has 0 unspecified atom stereocenters. The van der Waals surface area contributed by atoms with Crippen LogP contribution in [0.2, 0.25) is 0 Å². The number of H-pyrrole nitrogens is 1. The summed E-state index contributed by atoms with van der Waals surface area (Å²) in [5, 5.41) is 0. The van der Waals surface area contributed by atoms with Crippen LogP contribution in [0.3, 0.4) is 0 Å². The first-order chi connectivity index (χ1) is 8.39. The Morgan fingerprint density at radius 2 is 1.83 bits per heavy atom. The predicted octanol–water partition coefficient (Wildman–Crippen LogP) is 3.37. The lowest BCUT2D eigenvalue weighted by Crippen LogP contribution is -2.09. The van der Waals surface area contributed by atoms with Gasteiger partial charge in [0.1, 0.15) is 0 Å². The Bertz CT molecular complexity index is 629. The fourth-order valence-corrected chi connectivity index (χ4v) is 1.66. The van der Waals surface area contributed by atoms with Gasteiger partial charge in [-0.3, -0.25) is 4.79 Å². The summed E-state index contributed by atoms with van der Waals surface area (Å²) in [5.41, 5.74) is -0.450. The lowest BCUT2D eigenvalue weighted by Gasteiger charge is -2.12. The SMILES string of the molecule is Cc1c[nH]c(-c2ccccc2C(F)(F)F)cc1=O. The largest absolute Gasteiger partial charge is 0.417 e. The highest BCUT2D eigenvalue weighted by atomic mass is 19.4. The molecule has 0 fully saturated rings. The number of aromatic amines is 1. The minimum atomic E-state index is -4.45. The highest BCUT2D eigenvalue weighted by Gasteiger charge is 2.33. The van der Waals surface area contributed by atoms with Crippen molar-refractivity contribution >= 4 is 0 Å². The maximum absolute atomic E-state index is 12.8. The van der Waals surface area contributed by atoms with Crippen molar-refractivity contribution in [3.63, 3.8) is 0 Å². The molecule has 0 amide bonds. The molecule has 0 saturated carbocycles. The second-order valence-electron chi connectivity index (χ2n) is 3.94. The van der Waals surface area contributed by atoms with Crippen molar-refractivity contribution < 1.29 is 13.2 Å². The maximum atomic E-state index is 12.8. The zero-order chi connectivity index (χ0) is 13.3. The maximum Gasteiger partial charge on any atom is 0.417 e. The van der Waals surface area contributed by atoms with Gasteiger partial charge in [-0.2, -0.15) is 13.2 Å². The number of hydrogen-bond acceptors (Lipinski definition) is 1. The van der Waals surface area contributed by atoms with Gasteiger partial charge in [0.25, 0.3) is 0 Å².